The second-order valence-electron chi connectivity index (χ2n) is 3.59. The number of hydrogen-bond acceptors (Lipinski definition) is 4. The zero-order chi connectivity index (χ0) is 11.4. The lowest BCUT2D eigenvalue weighted by Gasteiger charge is -2.04. The van der Waals surface area contributed by atoms with E-state index in [0.717, 1.165) is 24.6 Å². The molecule has 0 saturated carbocycles. The summed E-state index contributed by atoms with van der Waals surface area (Å²) in [6.07, 6.45) is 3.51. The van der Waals surface area contributed by atoms with Crippen molar-refractivity contribution in [3.63, 3.8) is 0 Å². The molecule has 0 saturated heterocycles. The SMILES string of the molecule is CCNCc1ncnn1Cc1ccn(C)n1. The lowest BCUT2D eigenvalue weighted by molar-refractivity contribution is 0.583. The number of aromatic nitrogens is 5. The standard InChI is InChI=1S/C10H16N6/c1-3-11-6-10-12-8-13-16(10)7-9-4-5-15(2)14-9/h4-5,8,11H,3,6-7H2,1-2H3. The van der Waals surface area contributed by atoms with Crippen molar-refractivity contribution in [2.24, 2.45) is 7.05 Å². The van der Waals surface area contributed by atoms with E-state index in [-0.39, 0.29) is 0 Å². The molecule has 0 aliphatic heterocycles. The minimum atomic E-state index is 0.668. The molecule has 86 valence electrons. The lowest BCUT2D eigenvalue weighted by atomic mass is 10.4. The molecule has 0 spiro atoms. The zero-order valence-corrected chi connectivity index (χ0v) is 9.59. The molecule has 2 heterocycles. The van der Waals surface area contributed by atoms with Gasteiger partial charge in [0.05, 0.1) is 18.8 Å². The third kappa shape index (κ3) is 2.46. The van der Waals surface area contributed by atoms with Crippen molar-refractivity contribution >= 4 is 0 Å². The van der Waals surface area contributed by atoms with E-state index in [4.69, 9.17) is 0 Å². The molecule has 2 aromatic rings. The molecule has 0 radical (unpaired) electrons. The third-order valence-corrected chi connectivity index (χ3v) is 2.31. The summed E-state index contributed by atoms with van der Waals surface area (Å²) in [7, 11) is 1.91. The smallest absolute Gasteiger partial charge is 0.141 e. The third-order valence-electron chi connectivity index (χ3n) is 2.31. The highest BCUT2D eigenvalue weighted by atomic mass is 15.4. The van der Waals surface area contributed by atoms with Gasteiger partial charge in [-0.3, -0.25) is 4.68 Å². The van der Waals surface area contributed by atoms with E-state index in [9.17, 15) is 0 Å². The summed E-state index contributed by atoms with van der Waals surface area (Å²) in [5.74, 6) is 0.938. The van der Waals surface area contributed by atoms with Gasteiger partial charge < -0.3 is 5.32 Å². The van der Waals surface area contributed by atoms with Crippen molar-refractivity contribution in [2.75, 3.05) is 6.54 Å². The van der Waals surface area contributed by atoms with Crippen LogP contribution in [0.1, 0.15) is 18.4 Å². The van der Waals surface area contributed by atoms with Crippen molar-refractivity contribution in [1.29, 1.82) is 0 Å². The van der Waals surface area contributed by atoms with Crippen molar-refractivity contribution in [2.45, 2.75) is 20.0 Å². The predicted molar refractivity (Wildman–Crippen MR) is 59.7 cm³/mol. The van der Waals surface area contributed by atoms with Crippen molar-refractivity contribution < 1.29 is 0 Å². The Bertz CT molecular complexity index is 444. The molecule has 2 aromatic heterocycles. The summed E-state index contributed by atoms with van der Waals surface area (Å²) in [5.41, 5.74) is 0.991. The molecule has 6 heteroatoms. The van der Waals surface area contributed by atoms with Crippen LogP contribution in [0, 0.1) is 0 Å². The van der Waals surface area contributed by atoms with E-state index in [1.54, 1.807) is 11.0 Å². The predicted octanol–water partition coefficient (Wildman–Crippen LogP) is 0.169. The van der Waals surface area contributed by atoms with E-state index in [1.807, 2.05) is 24.0 Å². The lowest BCUT2D eigenvalue weighted by Crippen LogP contribution is -2.17. The van der Waals surface area contributed by atoms with Crippen LogP contribution in [0.2, 0.25) is 0 Å². The minimum Gasteiger partial charge on any atom is -0.310 e. The molecule has 0 aromatic carbocycles. The zero-order valence-electron chi connectivity index (χ0n) is 9.59. The Labute approximate surface area is 94.3 Å². The van der Waals surface area contributed by atoms with Gasteiger partial charge in [-0.05, 0) is 12.6 Å². The van der Waals surface area contributed by atoms with Gasteiger partial charge in [0.15, 0.2) is 0 Å². The fourth-order valence-electron chi connectivity index (χ4n) is 1.49. The average Bonchev–Trinajstić information content (AvgIpc) is 2.86. The number of rotatable bonds is 5. The van der Waals surface area contributed by atoms with Gasteiger partial charge >= 0.3 is 0 Å². The van der Waals surface area contributed by atoms with Crippen LogP contribution in [0.25, 0.3) is 0 Å². The van der Waals surface area contributed by atoms with Crippen molar-refractivity contribution in [3.05, 3.63) is 30.1 Å². The molecule has 0 amide bonds. The highest BCUT2D eigenvalue weighted by Gasteiger charge is 2.05. The Morgan fingerprint density at radius 2 is 2.31 bits per heavy atom. The maximum Gasteiger partial charge on any atom is 0.141 e. The van der Waals surface area contributed by atoms with Crippen LogP contribution >= 0.6 is 0 Å². The van der Waals surface area contributed by atoms with Crippen LogP contribution in [-0.4, -0.2) is 31.1 Å². The Balaban J connectivity index is 2.06. The van der Waals surface area contributed by atoms with Gasteiger partial charge in [-0.1, -0.05) is 6.92 Å². The topological polar surface area (TPSA) is 60.6 Å². The van der Waals surface area contributed by atoms with Gasteiger partial charge in [0, 0.05) is 13.2 Å². The summed E-state index contributed by atoms with van der Waals surface area (Å²) in [4.78, 5) is 4.21. The molecule has 0 bridgehead atoms. The molecule has 0 unspecified atom stereocenters. The normalized spacial score (nSPS) is 10.9. The Morgan fingerprint density at radius 1 is 1.44 bits per heavy atom. The van der Waals surface area contributed by atoms with E-state index in [0.29, 0.717) is 6.54 Å². The van der Waals surface area contributed by atoms with Gasteiger partial charge in [-0.15, -0.1) is 0 Å². The largest absolute Gasteiger partial charge is 0.310 e. The van der Waals surface area contributed by atoms with Crippen molar-refractivity contribution in [3.8, 4) is 0 Å². The number of aryl methyl sites for hydroxylation is 1. The molecular weight excluding hydrogens is 204 g/mol. The van der Waals surface area contributed by atoms with Gasteiger partial charge in [0.2, 0.25) is 0 Å². The molecule has 0 aliphatic rings. The molecule has 2 rings (SSSR count). The Hall–Kier alpha value is -1.69. The maximum atomic E-state index is 4.31. The monoisotopic (exact) mass is 220 g/mol. The summed E-state index contributed by atoms with van der Waals surface area (Å²) in [6, 6.07) is 1.98. The van der Waals surface area contributed by atoms with Crippen LogP contribution in [0.5, 0.6) is 0 Å². The molecule has 0 fully saturated rings. The van der Waals surface area contributed by atoms with E-state index < -0.39 is 0 Å². The van der Waals surface area contributed by atoms with Crippen LogP contribution in [0.3, 0.4) is 0 Å². The summed E-state index contributed by atoms with van der Waals surface area (Å²) >= 11 is 0. The van der Waals surface area contributed by atoms with Crippen LogP contribution in [0.4, 0.5) is 0 Å². The molecule has 1 N–H and O–H groups in total. The van der Waals surface area contributed by atoms with Crippen molar-refractivity contribution in [1.82, 2.24) is 29.9 Å². The summed E-state index contributed by atoms with van der Waals surface area (Å²) in [5, 5.41) is 11.7. The fourth-order valence-corrected chi connectivity index (χ4v) is 1.49. The Kier molecular flexibility index (Phi) is 3.31. The Morgan fingerprint density at radius 3 is 3.00 bits per heavy atom. The maximum absolute atomic E-state index is 4.31. The first-order valence-corrected chi connectivity index (χ1v) is 5.35. The molecular formula is C10H16N6. The van der Waals surface area contributed by atoms with Gasteiger partial charge in [-0.2, -0.15) is 10.2 Å². The number of nitrogens with zero attached hydrogens (tertiary/aromatic N) is 5. The quantitative estimate of drug-likeness (QED) is 0.780. The number of nitrogens with one attached hydrogen (secondary N) is 1. The van der Waals surface area contributed by atoms with Gasteiger partial charge in [0.1, 0.15) is 12.2 Å². The minimum absolute atomic E-state index is 0.668. The van der Waals surface area contributed by atoms with E-state index in [2.05, 4.69) is 27.4 Å². The first kappa shape index (κ1) is 10.8. The molecule has 0 atom stereocenters. The summed E-state index contributed by atoms with van der Waals surface area (Å²) < 4.78 is 3.65. The number of hydrogen-bond donors (Lipinski definition) is 1. The highest BCUT2D eigenvalue weighted by Crippen LogP contribution is 2.00. The molecule has 6 nitrogen and oxygen atoms in total. The van der Waals surface area contributed by atoms with Gasteiger partial charge in [-0.25, -0.2) is 9.67 Å². The highest BCUT2D eigenvalue weighted by molar-refractivity contribution is 5.00. The van der Waals surface area contributed by atoms with E-state index >= 15 is 0 Å². The molecule has 0 aliphatic carbocycles. The average molecular weight is 220 g/mol. The first-order valence-electron chi connectivity index (χ1n) is 5.35. The first-order chi connectivity index (χ1) is 7.79. The summed E-state index contributed by atoms with van der Waals surface area (Å²) in [6.45, 7) is 4.40. The fraction of sp³-hybridized carbons (Fsp3) is 0.500. The van der Waals surface area contributed by atoms with Crippen LogP contribution < -0.4 is 5.32 Å². The van der Waals surface area contributed by atoms with Crippen LogP contribution in [-0.2, 0) is 20.1 Å². The van der Waals surface area contributed by atoms with E-state index in [1.165, 1.54) is 0 Å². The van der Waals surface area contributed by atoms with Gasteiger partial charge in [0.25, 0.3) is 0 Å². The second kappa shape index (κ2) is 4.89. The second-order valence-corrected chi connectivity index (χ2v) is 3.59. The van der Waals surface area contributed by atoms with Crippen LogP contribution in [0.15, 0.2) is 18.6 Å². The molecule has 16 heavy (non-hydrogen) atoms.